The Hall–Kier alpha value is -2.34. The van der Waals surface area contributed by atoms with Gasteiger partial charge in [0.2, 0.25) is 5.95 Å². The SMILES string of the molecule is CNc1nc(-c2cccc(F)c2)c2cc(C=O)sc2n1. The largest absolute Gasteiger partial charge is 0.357 e. The molecule has 1 N–H and O–H groups in total. The summed E-state index contributed by atoms with van der Waals surface area (Å²) in [4.78, 5) is 20.9. The second-order valence-electron chi connectivity index (χ2n) is 4.14. The Morgan fingerprint density at radius 1 is 1.30 bits per heavy atom. The van der Waals surface area contributed by atoms with Crippen LogP contribution in [0.1, 0.15) is 9.67 Å². The van der Waals surface area contributed by atoms with Crippen molar-refractivity contribution in [3.8, 4) is 11.3 Å². The van der Waals surface area contributed by atoms with Crippen molar-refractivity contribution >= 4 is 33.8 Å². The summed E-state index contributed by atoms with van der Waals surface area (Å²) in [5.74, 6) is 0.113. The van der Waals surface area contributed by atoms with Crippen molar-refractivity contribution in [3.63, 3.8) is 0 Å². The van der Waals surface area contributed by atoms with Crippen LogP contribution < -0.4 is 5.32 Å². The summed E-state index contributed by atoms with van der Waals surface area (Å²) in [5, 5.41) is 3.63. The van der Waals surface area contributed by atoms with Crippen molar-refractivity contribution in [2.75, 3.05) is 12.4 Å². The van der Waals surface area contributed by atoms with Crippen molar-refractivity contribution in [3.05, 3.63) is 41.0 Å². The Bertz CT molecular complexity index is 800. The van der Waals surface area contributed by atoms with Crippen LogP contribution in [0.2, 0.25) is 0 Å². The molecule has 20 heavy (non-hydrogen) atoms. The van der Waals surface area contributed by atoms with E-state index in [0.29, 0.717) is 26.9 Å². The van der Waals surface area contributed by atoms with Crippen molar-refractivity contribution < 1.29 is 9.18 Å². The molecular formula is C14H10FN3OS. The van der Waals surface area contributed by atoms with Gasteiger partial charge in [-0.15, -0.1) is 11.3 Å². The molecule has 0 aliphatic carbocycles. The number of rotatable bonds is 3. The molecule has 0 saturated carbocycles. The molecule has 6 heteroatoms. The molecule has 0 amide bonds. The molecule has 1 aromatic carbocycles. The lowest BCUT2D eigenvalue weighted by Gasteiger charge is -2.05. The number of anilines is 1. The Morgan fingerprint density at radius 3 is 2.85 bits per heavy atom. The van der Waals surface area contributed by atoms with Crippen LogP contribution in [-0.4, -0.2) is 23.3 Å². The first kappa shape index (κ1) is 12.7. The fourth-order valence-electron chi connectivity index (χ4n) is 1.97. The molecule has 0 radical (unpaired) electrons. The first-order valence-electron chi connectivity index (χ1n) is 5.91. The van der Waals surface area contributed by atoms with E-state index >= 15 is 0 Å². The molecule has 0 bridgehead atoms. The zero-order valence-corrected chi connectivity index (χ0v) is 11.4. The van der Waals surface area contributed by atoms with Crippen molar-refractivity contribution in [1.29, 1.82) is 0 Å². The predicted molar refractivity (Wildman–Crippen MR) is 77.7 cm³/mol. The number of thiophene rings is 1. The molecule has 2 aromatic heterocycles. The molecule has 0 saturated heterocycles. The Kier molecular flexibility index (Phi) is 3.15. The molecule has 3 rings (SSSR count). The fraction of sp³-hybridized carbons (Fsp3) is 0.0714. The van der Waals surface area contributed by atoms with Gasteiger partial charge in [0.05, 0.1) is 10.6 Å². The lowest BCUT2D eigenvalue weighted by atomic mass is 10.1. The molecular weight excluding hydrogens is 277 g/mol. The van der Waals surface area contributed by atoms with Gasteiger partial charge in [0.1, 0.15) is 10.6 Å². The van der Waals surface area contributed by atoms with Gasteiger partial charge in [-0.25, -0.2) is 14.4 Å². The minimum Gasteiger partial charge on any atom is -0.357 e. The van der Waals surface area contributed by atoms with Crippen molar-refractivity contribution in [1.82, 2.24) is 9.97 Å². The van der Waals surface area contributed by atoms with Crippen LogP contribution in [0, 0.1) is 5.82 Å². The monoisotopic (exact) mass is 287 g/mol. The molecule has 100 valence electrons. The van der Waals surface area contributed by atoms with Gasteiger partial charge in [0, 0.05) is 18.0 Å². The summed E-state index contributed by atoms with van der Waals surface area (Å²) in [5.41, 5.74) is 1.27. The predicted octanol–water partition coefficient (Wildman–Crippen LogP) is 3.35. The van der Waals surface area contributed by atoms with E-state index in [1.807, 2.05) is 0 Å². The average molecular weight is 287 g/mol. The number of carbonyl (C=O) groups is 1. The summed E-state index contributed by atoms with van der Waals surface area (Å²) in [6.07, 6.45) is 0.779. The van der Waals surface area contributed by atoms with E-state index in [0.717, 1.165) is 11.7 Å². The summed E-state index contributed by atoms with van der Waals surface area (Å²) in [6.45, 7) is 0. The summed E-state index contributed by atoms with van der Waals surface area (Å²) in [6, 6.07) is 7.94. The highest BCUT2D eigenvalue weighted by Crippen LogP contribution is 2.32. The maximum Gasteiger partial charge on any atom is 0.224 e. The van der Waals surface area contributed by atoms with Crippen LogP contribution in [0.15, 0.2) is 30.3 Å². The van der Waals surface area contributed by atoms with Crippen molar-refractivity contribution in [2.24, 2.45) is 0 Å². The van der Waals surface area contributed by atoms with Crippen LogP contribution in [0.4, 0.5) is 10.3 Å². The number of halogens is 1. The second kappa shape index (κ2) is 4.97. The van der Waals surface area contributed by atoms with Crippen LogP contribution >= 0.6 is 11.3 Å². The third-order valence-corrected chi connectivity index (χ3v) is 3.80. The molecule has 0 atom stereocenters. The number of nitrogens with one attached hydrogen (secondary N) is 1. The second-order valence-corrected chi connectivity index (χ2v) is 5.20. The van der Waals surface area contributed by atoms with Gasteiger partial charge in [0.15, 0.2) is 6.29 Å². The Balaban J connectivity index is 2.32. The van der Waals surface area contributed by atoms with Gasteiger partial charge in [-0.3, -0.25) is 4.79 Å². The van der Waals surface area contributed by atoms with E-state index in [2.05, 4.69) is 15.3 Å². The number of aldehydes is 1. The lowest BCUT2D eigenvalue weighted by Crippen LogP contribution is -1.97. The van der Waals surface area contributed by atoms with E-state index in [1.54, 1.807) is 25.2 Å². The van der Waals surface area contributed by atoms with Gasteiger partial charge in [0.25, 0.3) is 0 Å². The minimum absolute atomic E-state index is 0.328. The smallest absolute Gasteiger partial charge is 0.224 e. The first-order chi connectivity index (χ1) is 9.71. The van der Waals surface area contributed by atoms with E-state index in [-0.39, 0.29) is 5.82 Å². The number of hydrogen-bond donors (Lipinski definition) is 1. The zero-order chi connectivity index (χ0) is 14.1. The number of aromatic nitrogens is 2. The maximum atomic E-state index is 13.4. The maximum absolute atomic E-state index is 13.4. The molecule has 3 aromatic rings. The summed E-state index contributed by atoms with van der Waals surface area (Å²) >= 11 is 1.29. The van der Waals surface area contributed by atoms with Crippen molar-refractivity contribution in [2.45, 2.75) is 0 Å². The first-order valence-corrected chi connectivity index (χ1v) is 6.73. The van der Waals surface area contributed by atoms with Gasteiger partial charge < -0.3 is 5.32 Å². The summed E-state index contributed by atoms with van der Waals surface area (Å²) in [7, 11) is 1.71. The quantitative estimate of drug-likeness (QED) is 0.751. The Morgan fingerprint density at radius 2 is 2.15 bits per heavy atom. The minimum atomic E-state index is -0.328. The van der Waals surface area contributed by atoms with E-state index in [1.165, 1.54) is 23.5 Å². The van der Waals surface area contributed by atoms with E-state index in [9.17, 15) is 9.18 Å². The van der Waals surface area contributed by atoms with Crippen LogP contribution in [0.5, 0.6) is 0 Å². The standard InChI is InChI=1S/C14H10FN3OS/c1-16-14-17-12(8-3-2-4-9(15)5-8)11-6-10(7-19)20-13(11)18-14/h2-7H,1H3,(H,16,17,18). The highest BCUT2D eigenvalue weighted by molar-refractivity contribution is 7.20. The number of carbonyl (C=O) groups excluding carboxylic acids is 1. The van der Waals surface area contributed by atoms with Gasteiger partial charge in [-0.2, -0.15) is 0 Å². The van der Waals surface area contributed by atoms with Gasteiger partial charge >= 0.3 is 0 Å². The van der Waals surface area contributed by atoms with Crippen LogP contribution in [0.25, 0.3) is 21.5 Å². The molecule has 0 spiro atoms. The molecule has 2 heterocycles. The number of benzene rings is 1. The zero-order valence-electron chi connectivity index (χ0n) is 10.6. The molecule has 0 unspecified atom stereocenters. The number of nitrogens with zero attached hydrogens (tertiary/aromatic N) is 2. The third kappa shape index (κ3) is 2.14. The Labute approximate surface area is 118 Å². The topological polar surface area (TPSA) is 54.9 Å². The normalized spacial score (nSPS) is 10.7. The average Bonchev–Trinajstić information content (AvgIpc) is 2.89. The summed E-state index contributed by atoms with van der Waals surface area (Å²) < 4.78 is 13.4. The highest BCUT2D eigenvalue weighted by atomic mass is 32.1. The molecule has 0 fully saturated rings. The van der Waals surface area contributed by atoms with E-state index < -0.39 is 0 Å². The van der Waals surface area contributed by atoms with Crippen LogP contribution in [-0.2, 0) is 0 Å². The van der Waals surface area contributed by atoms with E-state index in [4.69, 9.17) is 0 Å². The molecule has 4 nitrogen and oxygen atoms in total. The van der Waals surface area contributed by atoms with Gasteiger partial charge in [-0.05, 0) is 18.2 Å². The number of fused-ring (bicyclic) bond motifs is 1. The highest BCUT2D eigenvalue weighted by Gasteiger charge is 2.13. The van der Waals surface area contributed by atoms with Gasteiger partial charge in [-0.1, -0.05) is 12.1 Å². The molecule has 0 aliphatic heterocycles. The molecule has 0 aliphatic rings. The fourth-order valence-corrected chi connectivity index (χ4v) is 2.81. The number of hydrogen-bond acceptors (Lipinski definition) is 5. The lowest BCUT2D eigenvalue weighted by molar-refractivity contribution is 0.112. The van der Waals surface area contributed by atoms with Crippen LogP contribution in [0.3, 0.4) is 0 Å². The third-order valence-electron chi connectivity index (χ3n) is 2.85.